The third-order valence-electron chi connectivity index (χ3n) is 3.70. The number of halogens is 1. The Morgan fingerprint density at radius 2 is 1.65 bits per heavy atom. The highest BCUT2D eigenvalue weighted by Gasteiger charge is 2.02. The number of carbonyl (C=O) groups excluding carboxylic acids is 1. The molecule has 0 bridgehead atoms. The van der Waals surface area contributed by atoms with Gasteiger partial charge in [-0.15, -0.1) is 0 Å². The number of alkyl halides is 1. The molecular formula is C20H23BrNO+. The Bertz CT molecular complexity index is 620. The molecule has 2 aromatic rings. The van der Waals surface area contributed by atoms with Crippen molar-refractivity contribution in [2.75, 3.05) is 5.33 Å². The zero-order valence-electron chi connectivity index (χ0n) is 13.3. The van der Waals surface area contributed by atoms with Gasteiger partial charge in [-0.2, -0.15) is 0 Å². The highest BCUT2D eigenvalue weighted by atomic mass is 79.9. The molecular weight excluding hydrogens is 350 g/mol. The van der Waals surface area contributed by atoms with Crippen LogP contribution in [-0.2, 0) is 6.54 Å². The molecule has 0 N–H and O–H groups in total. The number of nitrogens with zero attached hydrogens (tertiary/aromatic N) is 1. The van der Waals surface area contributed by atoms with Crippen LogP contribution in [0.5, 0.6) is 0 Å². The van der Waals surface area contributed by atoms with E-state index in [-0.39, 0.29) is 5.78 Å². The van der Waals surface area contributed by atoms with Crippen molar-refractivity contribution in [3.63, 3.8) is 0 Å². The summed E-state index contributed by atoms with van der Waals surface area (Å²) in [5, 5.41) is 1.10. The average molecular weight is 373 g/mol. The number of ketones is 1. The summed E-state index contributed by atoms with van der Waals surface area (Å²) in [7, 11) is 0. The number of unbranched alkanes of at least 4 members (excludes halogenated alkanes) is 3. The zero-order chi connectivity index (χ0) is 16.3. The van der Waals surface area contributed by atoms with Crippen LogP contribution in [0.15, 0.2) is 60.9 Å². The molecule has 23 heavy (non-hydrogen) atoms. The van der Waals surface area contributed by atoms with Gasteiger partial charge in [-0.05, 0) is 24.5 Å². The summed E-state index contributed by atoms with van der Waals surface area (Å²) in [4.78, 5) is 12.0. The van der Waals surface area contributed by atoms with Gasteiger partial charge in [-0.25, -0.2) is 4.57 Å². The standard InChI is InChI=1S/C20H23BrNO/c21-14-6-1-2-7-15-22-16-12-18(13-17-22)10-11-20(23)19-8-4-3-5-9-19/h3-5,8-13,16-17H,1-2,6-7,14-15H2/q+1/b11-10+. The number of allylic oxidation sites excluding steroid dienone is 1. The van der Waals surface area contributed by atoms with Crippen molar-refractivity contribution in [2.45, 2.75) is 32.2 Å². The van der Waals surface area contributed by atoms with Gasteiger partial charge in [0.15, 0.2) is 18.2 Å². The van der Waals surface area contributed by atoms with Crippen molar-refractivity contribution in [3.05, 3.63) is 72.1 Å². The predicted molar refractivity (Wildman–Crippen MR) is 98.7 cm³/mol. The molecule has 0 atom stereocenters. The lowest BCUT2D eigenvalue weighted by Crippen LogP contribution is -2.32. The molecule has 0 unspecified atom stereocenters. The van der Waals surface area contributed by atoms with Gasteiger partial charge in [0.2, 0.25) is 0 Å². The molecule has 2 rings (SSSR count). The van der Waals surface area contributed by atoms with Crippen molar-refractivity contribution in [3.8, 4) is 0 Å². The smallest absolute Gasteiger partial charge is 0.185 e. The number of carbonyl (C=O) groups is 1. The molecule has 2 nitrogen and oxygen atoms in total. The molecule has 120 valence electrons. The van der Waals surface area contributed by atoms with Crippen LogP contribution >= 0.6 is 15.9 Å². The second kappa shape index (κ2) is 10.1. The first kappa shape index (κ1) is 17.6. The first-order valence-electron chi connectivity index (χ1n) is 8.12. The lowest BCUT2D eigenvalue weighted by Gasteiger charge is -1.98. The minimum atomic E-state index is 0.0362. The van der Waals surface area contributed by atoms with Crippen molar-refractivity contribution < 1.29 is 9.36 Å². The zero-order valence-corrected chi connectivity index (χ0v) is 14.9. The van der Waals surface area contributed by atoms with Gasteiger partial charge in [0.05, 0.1) is 0 Å². The van der Waals surface area contributed by atoms with Gasteiger partial charge in [-0.1, -0.05) is 58.8 Å². The molecule has 0 amide bonds. The highest BCUT2D eigenvalue weighted by molar-refractivity contribution is 9.09. The minimum Gasteiger partial charge on any atom is -0.289 e. The fraction of sp³-hybridized carbons (Fsp3) is 0.300. The van der Waals surface area contributed by atoms with Gasteiger partial charge < -0.3 is 0 Å². The predicted octanol–water partition coefficient (Wildman–Crippen LogP) is 4.83. The van der Waals surface area contributed by atoms with Gasteiger partial charge in [0, 0.05) is 29.4 Å². The quantitative estimate of drug-likeness (QED) is 0.203. The maximum Gasteiger partial charge on any atom is 0.185 e. The van der Waals surface area contributed by atoms with Crippen LogP contribution in [0, 0.1) is 0 Å². The fourth-order valence-corrected chi connectivity index (χ4v) is 2.74. The molecule has 0 fully saturated rings. The molecule has 0 aliphatic rings. The summed E-state index contributed by atoms with van der Waals surface area (Å²) in [6, 6.07) is 13.4. The lowest BCUT2D eigenvalue weighted by atomic mass is 10.1. The molecule has 1 aromatic heterocycles. The van der Waals surface area contributed by atoms with E-state index in [1.165, 1.54) is 25.7 Å². The average Bonchev–Trinajstić information content (AvgIpc) is 2.61. The molecule has 0 radical (unpaired) electrons. The van der Waals surface area contributed by atoms with E-state index in [1.54, 1.807) is 6.08 Å². The van der Waals surface area contributed by atoms with Crippen molar-refractivity contribution in [1.29, 1.82) is 0 Å². The van der Waals surface area contributed by atoms with E-state index in [1.807, 2.05) is 48.5 Å². The largest absolute Gasteiger partial charge is 0.289 e. The summed E-state index contributed by atoms with van der Waals surface area (Å²) >= 11 is 3.46. The Balaban J connectivity index is 1.82. The van der Waals surface area contributed by atoms with Crippen LogP contribution in [-0.4, -0.2) is 11.1 Å². The van der Waals surface area contributed by atoms with Gasteiger partial charge in [0.1, 0.15) is 6.54 Å². The van der Waals surface area contributed by atoms with Crippen LogP contribution in [0.2, 0.25) is 0 Å². The molecule has 3 heteroatoms. The van der Waals surface area contributed by atoms with E-state index in [0.29, 0.717) is 0 Å². The third kappa shape index (κ3) is 6.49. The second-order valence-electron chi connectivity index (χ2n) is 5.54. The molecule has 0 spiro atoms. The van der Waals surface area contributed by atoms with Crippen LogP contribution in [0.4, 0.5) is 0 Å². The maximum atomic E-state index is 12.0. The van der Waals surface area contributed by atoms with E-state index in [0.717, 1.165) is 23.0 Å². The summed E-state index contributed by atoms with van der Waals surface area (Å²) in [6.07, 6.45) is 12.7. The van der Waals surface area contributed by atoms with Crippen molar-refractivity contribution in [1.82, 2.24) is 0 Å². The van der Waals surface area contributed by atoms with Crippen LogP contribution < -0.4 is 4.57 Å². The summed E-state index contributed by atoms with van der Waals surface area (Å²) in [5.41, 5.74) is 1.77. The Kier molecular flexibility index (Phi) is 7.74. The molecule has 0 saturated carbocycles. The first-order valence-corrected chi connectivity index (χ1v) is 9.24. The monoisotopic (exact) mass is 372 g/mol. The summed E-state index contributed by atoms with van der Waals surface area (Å²) in [6.45, 7) is 1.05. The van der Waals surface area contributed by atoms with Gasteiger partial charge in [-0.3, -0.25) is 4.79 Å². The number of aromatic nitrogens is 1. The molecule has 1 heterocycles. The number of pyridine rings is 1. The van der Waals surface area contributed by atoms with E-state index in [4.69, 9.17) is 0 Å². The van der Waals surface area contributed by atoms with E-state index in [9.17, 15) is 4.79 Å². The van der Waals surface area contributed by atoms with Gasteiger partial charge in [0.25, 0.3) is 0 Å². The van der Waals surface area contributed by atoms with Crippen LogP contribution in [0.3, 0.4) is 0 Å². The maximum absolute atomic E-state index is 12.0. The topological polar surface area (TPSA) is 20.9 Å². The Morgan fingerprint density at radius 3 is 2.35 bits per heavy atom. The second-order valence-corrected chi connectivity index (χ2v) is 6.33. The Morgan fingerprint density at radius 1 is 0.957 bits per heavy atom. The van der Waals surface area contributed by atoms with E-state index >= 15 is 0 Å². The lowest BCUT2D eigenvalue weighted by molar-refractivity contribution is -0.697. The number of rotatable bonds is 9. The number of benzene rings is 1. The first-order chi connectivity index (χ1) is 11.3. The Hall–Kier alpha value is -1.74. The fourth-order valence-electron chi connectivity index (χ4n) is 2.34. The minimum absolute atomic E-state index is 0.0362. The van der Waals surface area contributed by atoms with Crippen LogP contribution in [0.1, 0.15) is 41.6 Å². The summed E-state index contributed by atoms with van der Waals surface area (Å²) < 4.78 is 2.20. The van der Waals surface area contributed by atoms with E-state index in [2.05, 4.69) is 32.9 Å². The highest BCUT2D eigenvalue weighted by Crippen LogP contribution is 2.05. The molecule has 0 aliphatic heterocycles. The number of hydrogen-bond donors (Lipinski definition) is 0. The van der Waals surface area contributed by atoms with E-state index < -0.39 is 0 Å². The molecule has 0 aliphatic carbocycles. The number of aryl methyl sites for hydroxylation is 1. The Labute approximate surface area is 147 Å². The van der Waals surface area contributed by atoms with Crippen molar-refractivity contribution >= 4 is 27.8 Å². The normalized spacial score (nSPS) is 11.0. The van der Waals surface area contributed by atoms with Crippen LogP contribution in [0.25, 0.3) is 6.08 Å². The van der Waals surface area contributed by atoms with Crippen molar-refractivity contribution in [2.24, 2.45) is 0 Å². The SMILES string of the molecule is O=C(/C=C/c1cc[n+](CCCCCCBr)cc1)c1ccccc1. The third-order valence-corrected chi connectivity index (χ3v) is 4.26. The number of hydrogen-bond acceptors (Lipinski definition) is 1. The van der Waals surface area contributed by atoms with Gasteiger partial charge >= 0.3 is 0 Å². The molecule has 1 aromatic carbocycles. The molecule has 0 saturated heterocycles. The summed E-state index contributed by atoms with van der Waals surface area (Å²) in [5.74, 6) is 0.0362.